The number of hydrogen-bond acceptors (Lipinski definition) is 6. The Balaban J connectivity index is 1.41. The van der Waals surface area contributed by atoms with Gasteiger partial charge in [-0.25, -0.2) is 4.98 Å². The van der Waals surface area contributed by atoms with Gasteiger partial charge in [-0.15, -0.1) is 11.3 Å². The second-order valence-corrected chi connectivity index (χ2v) is 8.62. The van der Waals surface area contributed by atoms with Gasteiger partial charge >= 0.3 is 0 Å². The van der Waals surface area contributed by atoms with E-state index in [2.05, 4.69) is 15.6 Å². The Bertz CT molecular complexity index is 1150. The smallest absolute Gasteiger partial charge is 0.261 e. The summed E-state index contributed by atoms with van der Waals surface area (Å²) in [5.41, 5.74) is 1.68. The molecule has 1 aliphatic heterocycles. The molecule has 32 heavy (non-hydrogen) atoms. The van der Waals surface area contributed by atoms with Crippen LogP contribution >= 0.6 is 22.9 Å². The van der Waals surface area contributed by atoms with Gasteiger partial charge in [0, 0.05) is 18.4 Å². The predicted octanol–water partition coefficient (Wildman–Crippen LogP) is 3.34. The van der Waals surface area contributed by atoms with Crippen molar-refractivity contribution in [3.8, 4) is 0 Å². The zero-order chi connectivity index (χ0) is 22.5. The van der Waals surface area contributed by atoms with Crippen molar-refractivity contribution in [1.82, 2.24) is 10.3 Å². The van der Waals surface area contributed by atoms with Crippen molar-refractivity contribution in [2.24, 2.45) is 0 Å². The predicted molar refractivity (Wildman–Crippen MR) is 122 cm³/mol. The molecule has 3 heterocycles. The number of pyridine rings is 1. The molecule has 0 radical (unpaired) electrons. The molecule has 0 unspecified atom stereocenters. The lowest BCUT2D eigenvalue weighted by molar-refractivity contribution is -0.125. The van der Waals surface area contributed by atoms with E-state index < -0.39 is 0 Å². The Morgan fingerprint density at radius 3 is 2.69 bits per heavy atom. The van der Waals surface area contributed by atoms with Crippen LogP contribution in [0.2, 0.25) is 4.34 Å². The Morgan fingerprint density at radius 2 is 1.97 bits per heavy atom. The van der Waals surface area contributed by atoms with Crippen molar-refractivity contribution in [2.45, 2.75) is 6.54 Å². The van der Waals surface area contributed by atoms with Gasteiger partial charge in [0.15, 0.2) is 0 Å². The van der Waals surface area contributed by atoms with E-state index >= 15 is 0 Å². The van der Waals surface area contributed by atoms with E-state index in [0.29, 0.717) is 39.4 Å². The number of hydrogen-bond donors (Lipinski definition) is 2. The van der Waals surface area contributed by atoms with E-state index in [0.717, 1.165) is 5.56 Å². The summed E-state index contributed by atoms with van der Waals surface area (Å²) in [4.78, 5) is 43.3. The molecular weight excluding hydrogens is 452 g/mol. The number of nitrogens with zero attached hydrogens (tertiary/aromatic N) is 2. The molecular formula is C22H19ClN4O4S. The quantitative estimate of drug-likeness (QED) is 0.575. The second-order valence-electron chi connectivity index (χ2n) is 6.90. The van der Waals surface area contributed by atoms with Crippen LogP contribution in [-0.2, 0) is 16.1 Å². The minimum Gasteiger partial charge on any atom is -0.370 e. The minimum absolute atomic E-state index is 0.0246. The number of aromatic nitrogens is 1. The summed E-state index contributed by atoms with van der Waals surface area (Å²) >= 11 is 7.08. The van der Waals surface area contributed by atoms with E-state index in [1.54, 1.807) is 36.4 Å². The van der Waals surface area contributed by atoms with Crippen LogP contribution < -0.4 is 15.5 Å². The highest BCUT2D eigenvalue weighted by Crippen LogP contribution is 2.22. The van der Waals surface area contributed by atoms with Crippen LogP contribution in [0.1, 0.15) is 25.6 Å². The fourth-order valence-electron chi connectivity index (χ4n) is 3.13. The van der Waals surface area contributed by atoms with Gasteiger partial charge in [-0.2, -0.15) is 0 Å². The summed E-state index contributed by atoms with van der Waals surface area (Å²) < 4.78 is 5.66. The van der Waals surface area contributed by atoms with Gasteiger partial charge in [-0.3, -0.25) is 19.3 Å². The fourth-order valence-corrected chi connectivity index (χ4v) is 4.09. The highest BCUT2D eigenvalue weighted by molar-refractivity contribution is 7.18. The van der Waals surface area contributed by atoms with Gasteiger partial charge in [0.05, 0.1) is 27.9 Å². The minimum atomic E-state index is -0.346. The zero-order valence-corrected chi connectivity index (χ0v) is 18.4. The summed E-state index contributed by atoms with van der Waals surface area (Å²) in [6, 6.07) is 13.8. The van der Waals surface area contributed by atoms with Crippen LogP contribution in [-0.4, -0.2) is 42.5 Å². The van der Waals surface area contributed by atoms with Crippen molar-refractivity contribution in [1.29, 1.82) is 0 Å². The third kappa shape index (κ3) is 5.13. The molecule has 164 valence electrons. The molecule has 10 heteroatoms. The summed E-state index contributed by atoms with van der Waals surface area (Å²) in [7, 11) is 0. The normalized spacial score (nSPS) is 13.7. The maximum absolute atomic E-state index is 12.7. The zero-order valence-electron chi connectivity index (χ0n) is 16.8. The average Bonchev–Trinajstić information content (AvgIpc) is 3.25. The van der Waals surface area contributed by atoms with Crippen LogP contribution in [0.4, 0.5) is 11.5 Å². The van der Waals surface area contributed by atoms with Crippen LogP contribution in [0.5, 0.6) is 0 Å². The molecule has 1 aliphatic rings. The molecule has 3 aromatic rings. The highest BCUT2D eigenvalue weighted by Gasteiger charge is 2.21. The monoisotopic (exact) mass is 470 g/mol. The highest BCUT2D eigenvalue weighted by atomic mass is 35.5. The van der Waals surface area contributed by atoms with Gasteiger partial charge in [0.2, 0.25) is 0 Å². The third-order valence-electron chi connectivity index (χ3n) is 4.77. The number of halogens is 1. The lowest BCUT2D eigenvalue weighted by Crippen LogP contribution is -2.42. The molecule has 1 saturated heterocycles. The molecule has 8 nitrogen and oxygen atoms in total. The maximum atomic E-state index is 12.7. The summed E-state index contributed by atoms with van der Waals surface area (Å²) in [5, 5.41) is 5.68. The first-order chi connectivity index (χ1) is 15.5. The number of thiophene rings is 1. The van der Waals surface area contributed by atoms with E-state index in [-0.39, 0.29) is 30.9 Å². The molecule has 4 rings (SSSR count). The third-order valence-corrected chi connectivity index (χ3v) is 6.00. The molecule has 3 amide bonds. The van der Waals surface area contributed by atoms with E-state index in [9.17, 15) is 14.4 Å². The van der Waals surface area contributed by atoms with Crippen molar-refractivity contribution in [2.75, 3.05) is 30.0 Å². The van der Waals surface area contributed by atoms with Gasteiger partial charge < -0.3 is 15.4 Å². The maximum Gasteiger partial charge on any atom is 0.261 e. The molecule has 0 bridgehead atoms. The molecule has 1 fully saturated rings. The van der Waals surface area contributed by atoms with Crippen LogP contribution in [0.15, 0.2) is 54.7 Å². The van der Waals surface area contributed by atoms with Crippen molar-refractivity contribution in [3.05, 3.63) is 75.1 Å². The Morgan fingerprint density at radius 1 is 1.12 bits per heavy atom. The van der Waals surface area contributed by atoms with E-state index in [4.69, 9.17) is 16.3 Å². The lowest BCUT2D eigenvalue weighted by atomic mass is 10.1. The fraction of sp³-hybridized carbons (Fsp3) is 0.182. The molecule has 0 atom stereocenters. The van der Waals surface area contributed by atoms with Crippen molar-refractivity contribution >= 4 is 52.2 Å². The number of amides is 3. The second kappa shape index (κ2) is 9.90. The molecule has 2 aromatic heterocycles. The average molecular weight is 471 g/mol. The standard InChI is InChI=1S/C22H19ClN4O4S/c23-18-7-6-17(32-18)22(30)25-11-14-3-1-2-4-16(14)26-21(29)15-5-8-19(24-12-15)27-9-10-31-13-20(27)28/h1-8,12H,9-11,13H2,(H,25,30)(H,26,29). The first kappa shape index (κ1) is 21.9. The SMILES string of the molecule is O=C(Nc1ccccc1CNC(=O)c1ccc(Cl)s1)c1ccc(N2CCOCC2=O)nc1. The van der Waals surface area contributed by atoms with Crippen molar-refractivity contribution in [3.63, 3.8) is 0 Å². The van der Waals surface area contributed by atoms with Crippen LogP contribution in [0.3, 0.4) is 0 Å². The Kier molecular flexibility index (Phi) is 6.79. The molecule has 0 spiro atoms. The lowest BCUT2D eigenvalue weighted by Gasteiger charge is -2.25. The molecule has 0 aliphatic carbocycles. The number of para-hydroxylation sites is 1. The summed E-state index contributed by atoms with van der Waals surface area (Å²) in [5.74, 6) is -0.268. The molecule has 0 saturated carbocycles. The van der Waals surface area contributed by atoms with Gasteiger partial charge in [0.25, 0.3) is 17.7 Å². The number of ether oxygens (including phenoxy) is 1. The molecule has 2 N–H and O–H groups in total. The first-order valence-corrected chi connectivity index (χ1v) is 11.0. The van der Waals surface area contributed by atoms with Crippen molar-refractivity contribution < 1.29 is 19.1 Å². The number of rotatable bonds is 6. The number of morpholine rings is 1. The van der Waals surface area contributed by atoms with Gasteiger partial charge in [0.1, 0.15) is 12.4 Å². The van der Waals surface area contributed by atoms with E-state index in [1.807, 2.05) is 12.1 Å². The van der Waals surface area contributed by atoms with Crippen LogP contribution in [0.25, 0.3) is 0 Å². The van der Waals surface area contributed by atoms with E-state index in [1.165, 1.54) is 22.4 Å². The number of benzene rings is 1. The van der Waals surface area contributed by atoms with Gasteiger partial charge in [-0.1, -0.05) is 29.8 Å². The summed E-state index contributed by atoms with van der Waals surface area (Å²) in [6.07, 6.45) is 1.43. The van der Waals surface area contributed by atoms with Crippen LogP contribution in [0, 0.1) is 0 Å². The van der Waals surface area contributed by atoms with Gasteiger partial charge in [-0.05, 0) is 35.9 Å². The number of anilines is 2. The number of nitrogens with one attached hydrogen (secondary N) is 2. The Hall–Kier alpha value is -3.27. The number of carbonyl (C=O) groups is 3. The topological polar surface area (TPSA) is 101 Å². The number of carbonyl (C=O) groups excluding carboxylic acids is 3. The summed E-state index contributed by atoms with van der Waals surface area (Å²) in [6.45, 7) is 1.13. The Labute approximate surface area is 193 Å². The first-order valence-electron chi connectivity index (χ1n) is 9.78. The largest absolute Gasteiger partial charge is 0.370 e. The molecule has 1 aromatic carbocycles.